The molecule has 0 aliphatic heterocycles. The molecule has 6 heteroatoms. The van der Waals surface area contributed by atoms with Crippen LogP contribution in [-0.4, -0.2) is 23.7 Å². The van der Waals surface area contributed by atoms with Crippen LogP contribution in [0, 0.1) is 0 Å². The summed E-state index contributed by atoms with van der Waals surface area (Å²) < 4.78 is 27.7. The minimum Gasteiger partial charge on any atom is -0.331 e. The Morgan fingerprint density at radius 3 is 2.63 bits per heavy atom. The number of aromatic nitrogens is 2. The molecule has 104 valence electrons. The van der Waals surface area contributed by atoms with Crippen molar-refractivity contribution in [2.75, 3.05) is 10.5 Å². The first-order valence-corrected chi connectivity index (χ1v) is 7.96. The quantitative estimate of drug-likeness (QED) is 0.936. The maximum absolute atomic E-state index is 11.5. The molecule has 1 aromatic carbocycles. The van der Waals surface area contributed by atoms with Crippen LogP contribution in [0.2, 0.25) is 0 Å². The van der Waals surface area contributed by atoms with Crippen LogP contribution >= 0.6 is 0 Å². The molecule has 0 fully saturated rings. The van der Waals surface area contributed by atoms with Crippen LogP contribution in [0.25, 0.3) is 11.0 Å². The maximum atomic E-state index is 11.5. The van der Waals surface area contributed by atoms with Gasteiger partial charge in [-0.2, -0.15) is 0 Å². The van der Waals surface area contributed by atoms with Crippen LogP contribution in [0.4, 0.5) is 5.69 Å². The van der Waals surface area contributed by atoms with E-state index in [9.17, 15) is 8.42 Å². The molecule has 0 saturated carbocycles. The van der Waals surface area contributed by atoms with Gasteiger partial charge in [-0.1, -0.05) is 13.8 Å². The lowest BCUT2D eigenvalue weighted by molar-refractivity contribution is 0.602. The summed E-state index contributed by atoms with van der Waals surface area (Å²) >= 11 is 0. The highest BCUT2D eigenvalue weighted by Gasteiger charge is 2.12. The fourth-order valence-electron chi connectivity index (χ4n) is 2.05. The van der Waals surface area contributed by atoms with Gasteiger partial charge in [-0.3, -0.25) is 4.72 Å². The monoisotopic (exact) mass is 281 g/mol. The Bertz CT molecular complexity index is 702. The molecule has 2 rings (SSSR count). The second-order valence-electron chi connectivity index (χ2n) is 4.89. The largest absolute Gasteiger partial charge is 0.331 e. The fraction of sp³-hybridized carbons (Fsp3) is 0.462. The third-order valence-electron chi connectivity index (χ3n) is 3.09. The average Bonchev–Trinajstić information content (AvgIpc) is 2.66. The average molecular weight is 281 g/mol. The number of fused-ring (bicyclic) bond motifs is 1. The number of sulfonamides is 1. The van der Waals surface area contributed by atoms with Gasteiger partial charge in [-0.25, -0.2) is 13.4 Å². The molecular weight excluding hydrogens is 262 g/mol. The Morgan fingerprint density at radius 1 is 1.37 bits per heavy atom. The SMILES string of the molecule is CCS(=O)(=O)Nc1ccc2c(c1)nc(C(C)C)n2C. The lowest BCUT2D eigenvalue weighted by atomic mass is 10.2. The predicted molar refractivity (Wildman–Crippen MR) is 77.9 cm³/mol. The summed E-state index contributed by atoms with van der Waals surface area (Å²) in [5, 5.41) is 0. The molecule has 5 nitrogen and oxygen atoms in total. The third-order valence-corrected chi connectivity index (χ3v) is 4.39. The molecule has 0 unspecified atom stereocenters. The summed E-state index contributed by atoms with van der Waals surface area (Å²) in [7, 11) is -1.27. The molecule has 0 atom stereocenters. The van der Waals surface area contributed by atoms with Crippen LogP contribution in [0.5, 0.6) is 0 Å². The molecule has 1 heterocycles. The fourth-order valence-corrected chi connectivity index (χ4v) is 2.68. The Morgan fingerprint density at radius 2 is 2.05 bits per heavy atom. The van der Waals surface area contributed by atoms with E-state index in [0.717, 1.165) is 16.9 Å². The number of nitrogens with zero attached hydrogens (tertiary/aromatic N) is 2. The van der Waals surface area contributed by atoms with E-state index in [2.05, 4.69) is 23.6 Å². The van der Waals surface area contributed by atoms with E-state index in [-0.39, 0.29) is 5.75 Å². The van der Waals surface area contributed by atoms with Crippen molar-refractivity contribution in [3.8, 4) is 0 Å². The Balaban J connectivity index is 2.47. The van der Waals surface area contributed by atoms with Gasteiger partial charge >= 0.3 is 0 Å². The van der Waals surface area contributed by atoms with Crippen molar-refractivity contribution in [1.29, 1.82) is 0 Å². The summed E-state index contributed by atoms with van der Waals surface area (Å²) in [6.45, 7) is 5.78. The first-order valence-electron chi connectivity index (χ1n) is 6.31. The highest BCUT2D eigenvalue weighted by molar-refractivity contribution is 7.92. The van der Waals surface area contributed by atoms with E-state index >= 15 is 0 Å². The number of rotatable bonds is 4. The molecule has 0 spiro atoms. The number of anilines is 1. The molecule has 0 aliphatic carbocycles. The van der Waals surface area contributed by atoms with Gasteiger partial charge < -0.3 is 4.57 Å². The van der Waals surface area contributed by atoms with Crippen LogP contribution < -0.4 is 4.72 Å². The number of nitrogens with one attached hydrogen (secondary N) is 1. The molecule has 0 amide bonds. The van der Waals surface area contributed by atoms with Crippen molar-refractivity contribution in [2.45, 2.75) is 26.7 Å². The van der Waals surface area contributed by atoms with Crippen LogP contribution in [-0.2, 0) is 17.1 Å². The second kappa shape index (κ2) is 4.85. The zero-order valence-electron chi connectivity index (χ0n) is 11.6. The third kappa shape index (κ3) is 2.73. The summed E-state index contributed by atoms with van der Waals surface area (Å²) in [5.41, 5.74) is 2.37. The molecule has 0 radical (unpaired) electrons. The molecular formula is C13H19N3O2S. The molecule has 1 N–H and O–H groups in total. The minimum atomic E-state index is -3.25. The van der Waals surface area contributed by atoms with E-state index in [1.165, 1.54) is 0 Å². The summed E-state index contributed by atoms with van der Waals surface area (Å²) in [4.78, 5) is 4.56. The van der Waals surface area contributed by atoms with E-state index in [1.807, 2.05) is 17.7 Å². The highest BCUT2D eigenvalue weighted by Crippen LogP contribution is 2.23. The standard InChI is InChI=1S/C13H19N3O2S/c1-5-19(17,18)15-10-6-7-12-11(8-10)14-13(9(2)3)16(12)4/h6-9,15H,5H2,1-4H3. The van der Waals surface area contributed by atoms with Crippen molar-refractivity contribution in [3.63, 3.8) is 0 Å². The lowest BCUT2D eigenvalue weighted by Gasteiger charge is -2.06. The van der Waals surface area contributed by atoms with Gasteiger partial charge in [0.15, 0.2) is 0 Å². The van der Waals surface area contributed by atoms with E-state index < -0.39 is 10.0 Å². The van der Waals surface area contributed by atoms with Crippen LogP contribution in [0.1, 0.15) is 32.5 Å². The number of aryl methyl sites for hydroxylation is 1. The normalized spacial score (nSPS) is 12.3. The van der Waals surface area contributed by atoms with Crippen molar-refractivity contribution < 1.29 is 8.42 Å². The molecule has 0 saturated heterocycles. The van der Waals surface area contributed by atoms with Gasteiger partial charge in [0.1, 0.15) is 5.82 Å². The highest BCUT2D eigenvalue weighted by atomic mass is 32.2. The van der Waals surface area contributed by atoms with Gasteiger partial charge in [-0.15, -0.1) is 0 Å². The Labute approximate surface area is 113 Å². The summed E-state index contributed by atoms with van der Waals surface area (Å²) in [6, 6.07) is 5.43. The van der Waals surface area contributed by atoms with Gasteiger partial charge in [0.05, 0.1) is 22.5 Å². The van der Waals surface area contributed by atoms with Crippen molar-refractivity contribution in [1.82, 2.24) is 9.55 Å². The van der Waals surface area contributed by atoms with Crippen molar-refractivity contribution in [2.24, 2.45) is 7.05 Å². The number of hydrogen-bond acceptors (Lipinski definition) is 3. The minimum absolute atomic E-state index is 0.0600. The second-order valence-corrected chi connectivity index (χ2v) is 6.90. The van der Waals surface area contributed by atoms with Crippen LogP contribution in [0.15, 0.2) is 18.2 Å². The summed E-state index contributed by atoms with van der Waals surface area (Å²) in [6.07, 6.45) is 0. The topological polar surface area (TPSA) is 64.0 Å². The molecule has 19 heavy (non-hydrogen) atoms. The van der Waals surface area contributed by atoms with E-state index in [1.54, 1.807) is 19.1 Å². The van der Waals surface area contributed by atoms with Gasteiger partial charge in [0, 0.05) is 13.0 Å². The predicted octanol–water partition coefficient (Wildman–Crippen LogP) is 2.46. The number of imidazole rings is 1. The Hall–Kier alpha value is -1.56. The van der Waals surface area contributed by atoms with E-state index in [4.69, 9.17) is 0 Å². The van der Waals surface area contributed by atoms with Gasteiger partial charge in [0.2, 0.25) is 10.0 Å². The molecule has 0 bridgehead atoms. The molecule has 0 aliphatic rings. The Kier molecular flexibility index (Phi) is 3.54. The zero-order valence-corrected chi connectivity index (χ0v) is 12.5. The lowest BCUT2D eigenvalue weighted by Crippen LogP contribution is -2.14. The zero-order chi connectivity index (χ0) is 14.2. The van der Waals surface area contributed by atoms with Gasteiger partial charge in [0.25, 0.3) is 0 Å². The number of hydrogen-bond donors (Lipinski definition) is 1. The van der Waals surface area contributed by atoms with Crippen molar-refractivity contribution in [3.05, 3.63) is 24.0 Å². The molecule has 2 aromatic rings. The van der Waals surface area contributed by atoms with Crippen LogP contribution in [0.3, 0.4) is 0 Å². The maximum Gasteiger partial charge on any atom is 0.232 e. The number of benzene rings is 1. The van der Waals surface area contributed by atoms with Gasteiger partial charge in [-0.05, 0) is 25.1 Å². The first kappa shape index (κ1) is 13.9. The van der Waals surface area contributed by atoms with Crippen molar-refractivity contribution >= 4 is 26.7 Å². The molecule has 1 aromatic heterocycles. The first-order chi connectivity index (χ1) is 8.84. The van der Waals surface area contributed by atoms with E-state index in [0.29, 0.717) is 11.6 Å². The smallest absolute Gasteiger partial charge is 0.232 e. The summed E-state index contributed by atoms with van der Waals surface area (Å²) in [5.74, 6) is 1.38.